The second kappa shape index (κ2) is 18.6. The third kappa shape index (κ3) is 14.5. The lowest BCUT2D eigenvalue weighted by Crippen LogP contribution is -2.34. The quantitative estimate of drug-likeness (QED) is 0.118. The van der Waals surface area contributed by atoms with Crippen molar-refractivity contribution in [3.63, 3.8) is 0 Å². The number of nitrogens with one attached hydrogen (secondary N) is 4. The van der Waals surface area contributed by atoms with Crippen LogP contribution in [0.2, 0.25) is 0 Å². The normalized spacial score (nSPS) is 11.7. The average molecular weight is 509 g/mol. The van der Waals surface area contributed by atoms with Crippen LogP contribution in [0.3, 0.4) is 0 Å². The zero-order valence-corrected chi connectivity index (χ0v) is 22.7. The Morgan fingerprint density at radius 1 is 0.941 bits per heavy atom. The van der Waals surface area contributed by atoms with Crippen LogP contribution in [0.1, 0.15) is 62.3 Å². The van der Waals surface area contributed by atoms with Crippen LogP contribution < -0.4 is 21.3 Å². The summed E-state index contributed by atoms with van der Waals surface area (Å²) in [5.41, 5.74) is 1.73. The Labute approximate surface area is 213 Å². The summed E-state index contributed by atoms with van der Waals surface area (Å²) in [6.45, 7) is 13.2. The Bertz CT molecular complexity index is 777. The van der Waals surface area contributed by atoms with E-state index in [0.29, 0.717) is 43.1 Å². The fraction of sp³-hybridized carbons (Fsp3) is 0.600. The molecule has 4 N–H and O–H groups in total. The summed E-state index contributed by atoms with van der Waals surface area (Å²) in [5.74, 6) is 5.54. The molecule has 0 fully saturated rings. The van der Waals surface area contributed by atoms with Gasteiger partial charge in [0.2, 0.25) is 5.91 Å². The Balaban J connectivity index is 2.50. The molecule has 0 radical (unpaired) electrons. The molecule has 1 aromatic carbocycles. The molecule has 0 aliphatic carbocycles. The second-order valence-corrected chi connectivity index (χ2v) is 11.1. The lowest BCUT2D eigenvalue weighted by atomic mass is 10.1. The van der Waals surface area contributed by atoms with E-state index < -0.39 is 0 Å². The number of amides is 2. The van der Waals surface area contributed by atoms with E-state index >= 15 is 0 Å². The van der Waals surface area contributed by atoms with Gasteiger partial charge in [0.15, 0.2) is 0 Å². The van der Waals surface area contributed by atoms with Gasteiger partial charge in [-0.25, -0.2) is 0 Å². The van der Waals surface area contributed by atoms with Gasteiger partial charge in [-0.1, -0.05) is 74.3 Å². The molecule has 1 atom stereocenters. The van der Waals surface area contributed by atoms with Crippen molar-refractivity contribution in [1.82, 2.24) is 21.3 Å². The molecule has 190 valence electrons. The van der Waals surface area contributed by atoms with Crippen molar-refractivity contribution in [2.24, 2.45) is 0 Å². The van der Waals surface area contributed by atoms with E-state index in [1.807, 2.05) is 31.2 Å². The van der Waals surface area contributed by atoms with E-state index in [9.17, 15) is 9.59 Å². The minimum atomic E-state index is -0.166. The molecule has 7 nitrogen and oxygen atoms in total. The fourth-order valence-corrected chi connectivity index (χ4v) is 4.96. The van der Waals surface area contributed by atoms with Gasteiger partial charge in [-0.15, -0.1) is 5.92 Å². The Morgan fingerprint density at radius 2 is 1.68 bits per heavy atom. The highest BCUT2D eigenvalue weighted by atomic mass is 33.1. The minimum absolute atomic E-state index is 0.0184. The lowest BCUT2D eigenvalue weighted by molar-refractivity contribution is -0.125. The highest BCUT2D eigenvalue weighted by Crippen LogP contribution is 2.38. The number of carbonyl (C=O) groups excluding carboxylic acids is 2. The first-order valence-corrected chi connectivity index (χ1v) is 14.1. The fourth-order valence-electron chi connectivity index (χ4n) is 2.63. The van der Waals surface area contributed by atoms with Gasteiger partial charge in [-0.3, -0.25) is 14.9 Å². The number of ether oxygens (including phenoxy) is 1. The van der Waals surface area contributed by atoms with Crippen LogP contribution in [0.4, 0.5) is 0 Å². The summed E-state index contributed by atoms with van der Waals surface area (Å²) >= 11 is 0. The summed E-state index contributed by atoms with van der Waals surface area (Å²) in [7, 11) is 3.54. The van der Waals surface area contributed by atoms with E-state index in [4.69, 9.17) is 4.74 Å². The molecular formula is C25H40N4O3S2. The van der Waals surface area contributed by atoms with Crippen LogP contribution in [0.25, 0.3) is 0 Å². The molecule has 0 saturated carbocycles. The van der Waals surface area contributed by atoms with Crippen molar-refractivity contribution in [2.75, 3.05) is 39.4 Å². The zero-order chi connectivity index (χ0) is 25.2. The van der Waals surface area contributed by atoms with Crippen LogP contribution >= 0.6 is 21.6 Å². The third-order valence-electron chi connectivity index (χ3n) is 4.27. The van der Waals surface area contributed by atoms with E-state index in [1.165, 1.54) is 0 Å². The number of rotatable bonds is 16. The van der Waals surface area contributed by atoms with Crippen molar-refractivity contribution >= 4 is 33.4 Å². The van der Waals surface area contributed by atoms with Crippen LogP contribution in [-0.2, 0) is 9.53 Å². The Kier molecular flexibility index (Phi) is 16.6. The molecule has 9 heteroatoms. The predicted molar refractivity (Wildman–Crippen MR) is 145 cm³/mol. The van der Waals surface area contributed by atoms with Gasteiger partial charge in [0.25, 0.3) is 5.91 Å². The highest BCUT2D eigenvalue weighted by Gasteiger charge is 2.14. The maximum atomic E-state index is 12.4. The summed E-state index contributed by atoms with van der Waals surface area (Å²) in [6, 6.07) is 8.09. The molecule has 34 heavy (non-hydrogen) atoms. The van der Waals surface area contributed by atoms with Crippen LogP contribution in [0.5, 0.6) is 0 Å². The minimum Gasteiger partial charge on any atom is -0.370 e. The SMILES string of the molecule is CCC#CCNC(=O)COCCNC(SSC(C)C)c1ccc(C(=O)NCCNC(C)C)cc1. The van der Waals surface area contributed by atoms with Crippen molar-refractivity contribution in [1.29, 1.82) is 0 Å². The van der Waals surface area contributed by atoms with Gasteiger partial charge >= 0.3 is 0 Å². The standard InChI is InChI=1S/C25H40N4O3S2/c1-6-7-8-13-27-23(30)18-32-17-16-29-25(34-33-20(4)5)22-11-9-21(10-12-22)24(31)28-15-14-26-19(2)3/h9-12,19-20,25-26,29H,6,13-18H2,1-5H3,(H,27,30)(H,28,31). The molecule has 0 aromatic heterocycles. The second-order valence-electron chi connectivity index (χ2n) is 8.10. The topological polar surface area (TPSA) is 91.5 Å². The number of benzene rings is 1. The summed E-state index contributed by atoms with van der Waals surface area (Å²) in [5, 5.41) is 12.9. The Hall–Kier alpha value is -1.70. The molecule has 0 heterocycles. The maximum Gasteiger partial charge on any atom is 0.251 e. The summed E-state index contributed by atoms with van der Waals surface area (Å²) in [4.78, 5) is 24.1. The highest BCUT2D eigenvalue weighted by molar-refractivity contribution is 8.77. The van der Waals surface area contributed by atoms with Crippen molar-refractivity contribution in [2.45, 2.75) is 57.7 Å². The monoisotopic (exact) mass is 508 g/mol. The lowest BCUT2D eigenvalue weighted by Gasteiger charge is -2.19. The van der Waals surface area contributed by atoms with Crippen LogP contribution in [-0.4, -0.2) is 62.5 Å². The van der Waals surface area contributed by atoms with E-state index in [-0.39, 0.29) is 23.8 Å². The van der Waals surface area contributed by atoms with Gasteiger partial charge in [-0.2, -0.15) is 0 Å². The van der Waals surface area contributed by atoms with E-state index in [0.717, 1.165) is 18.5 Å². The largest absolute Gasteiger partial charge is 0.370 e. The molecule has 2 amide bonds. The molecular weight excluding hydrogens is 468 g/mol. The molecule has 1 rings (SSSR count). The van der Waals surface area contributed by atoms with Gasteiger partial charge < -0.3 is 20.7 Å². The number of hydrogen-bond donors (Lipinski definition) is 4. The predicted octanol–water partition coefficient (Wildman–Crippen LogP) is 3.34. The molecule has 0 aliphatic heterocycles. The molecule has 1 aromatic rings. The zero-order valence-electron chi connectivity index (χ0n) is 21.0. The summed E-state index contributed by atoms with van der Waals surface area (Å²) in [6.07, 6.45) is 0.776. The van der Waals surface area contributed by atoms with Gasteiger partial charge in [0, 0.05) is 42.9 Å². The van der Waals surface area contributed by atoms with Crippen LogP contribution in [0.15, 0.2) is 24.3 Å². The van der Waals surface area contributed by atoms with Crippen molar-refractivity contribution < 1.29 is 14.3 Å². The molecule has 0 spiro atoms. The molecule has 0 bridgehead atoms. The third-order valence-corrected chi connectivity index (χ3v) is 7.46. The molecule has 0 aliphatic rings. The van der Waals surface area contributed by atoms with Gasteiger partial charge in [0.05, 0.1) is 18.5 Å². The number of carbonyl (C=O) groups is 2. The summed E-state index contributed by atoms with van der Waals surface area (Å²) < 4.78 is 5.48. The Morgan fingerprint density at radius 3 is 2.32 bits per heavy atom. The van der Waals surface area contributed by atoms with Crippen molar-refractivity contribution in [3.05, 3.63) is 35.4 Å². The van der Waals surface area contributed by atoms with Crippen LogP contribution in [0, 0.1) is 11.8 Å². The smallest absolute Gasteiger partial charge is 0.251 e. The van der Waals surface area contributed by atoms with E-state index in [2.05, 4.69) is 60.8 Å². The average Bonchev–Trinajstić information content (AvgIpc) is 2.81. The van der Waals surface area contributed by atoms with E-state index in [1.54, 1.807) is 21.6 Å². The van der Waals surface area contributed by atoms with Gasteiger partial charge in [0.1, 0.15) is 6.61 Å². The van der Waals surface area contributed by atoms with Crippen molar-refractivity contribution in [3.8, 4) is 11.8 Å². The molecule has 0 saturated heterocycles. The maximum absolute atomic E-state index is 12.4. The first-order chi connectivity index (χ1) is 16.3. The number of hydrogen-bond acceptors (Lipinski definition) is 7. The first-order valence-electron chi connectivity index (χ1n) is 11.8. The van der Waals surface area contributed by atoms with Gasteiger partial charge in [-0.05, 0) is 17.7 Å². The first kappa shape index (κ1) is 30.3. The molecule has 1 unspecified atom stereocenters.